The fourth-order valence-corrected chi connectivity index (χ4v) is 7.43. The zero-order valence-corrected chi connectivity index (χ0v) is 23.8. The summed E-state index contributed by atoms with van der Waals surface area (Å²) >= 11 is 0. The van der Waals surface area contributed by atoms with Crippen molar-refractivity contribution >= 4 is 23.4 Å². The van der Waals surface area contributed by atoms with Crippen molar-refractivity contribution in [1.82, 2.24) is 15.1 Å². The van der Waals surface area contributed by atoms with Gasteiger partial charge in [-0.25, -0.2) is 0 Å². The molecule has 0 saturated carbocycles. The van der Waals surface area contributed by atoms with E-state index in [-0.39, 0.29) is 30.2 Å². The molecule has 40 heavy (non-hydrogen) atoms. The lowest BCUT2D eigenvalue weighted by Gasteiger charge is -2.36. The quantitative estimate of drug-likeness (QED) is 0.335. The number of fused-ring (bicyclic) bond motifs is 1. The van der Waals surface area contributed by atoms with E-state index in [9.17, 15) is 14.4 Å². The van der Waals surface area contributed by atoms with Crippen LogP contribution in [0.25, 0.3) is 0 Å². The third-order valence-corrected chi connectivity index (χ3v) is 9.52. The molecular formula is C30H44N4O6. The lowest BCUT2D eigenvalue weighted by atomic mass is 9.62. The van der Waals surface area contributed by atoms with Gasteiger partial charge in [0.15, 0.2) is 0 Å². The predicted octanol–water partition coefficient (Wildman–Crippen LogP) is 1.64. The Kier molecular flexibility index (Phi) is 8.80. The van der Waals surface area contributed by atoms with Crippen LogP contribution in [0.1, 0.15) is 46.0 Å². The molecule has 3 amide bonds. The average molecular weight is 557 g/mol. The summed E-state index contributed by atoms with van der Waals surface area (Å²) in [5.74, 6) is -2.04. The van der Waals surface area contributed by atoms with E-state index in [1.807, 2.05) is 37.3 Å². The fourth-order valence-electron chi connectivity index (χ4n) is 7.43. The number of carbonyl (C=O) groups is 3. The van der Waals surface area contributed by atoms with Gasteiger partial charge in [-0.15, -0.1) is 0 Å². The maximum atomic E-state index is 14.2. The van der Waals surface area contributed by atoms with Crippen LogP contribution in [-0.2, 0) is 23.9 Å². The van der Waals surface area contributed by atoms with Gasteiger partial charge in [0.1, 0.15) is 11.6 Å². The van der Waals surface area contributed by atoms with Crippen LogP contribution >= 0.6 is 0 Å². The Labute approximate surface area is 236 Å². The van der Waals surface area contributed by atoms with Gasteiger partial charge in [0.05, 0.1) is 30.7 Å². The van der Waals surface area contributed by atoms with Gasteiger partial charge in [-0.1, -0.05) is 38.0 Å². The van der Waals surface area contributed by atoms with Gasteiger partial charge in [0.2, 0.25) is 17.7 Å². The number of likely N-dealkylation sites (tertiary alicyclic amines) is 1. The molecule has 0 aliphatic carbocycles. The molecule has 4 aliphatic rings. The van der Waals surface area contributed by atoms with E-state index in [1.54, 1.807) is 4.90 Å². The molecule has 2 bridgehead atoms. The highest BCUT2D eigenvalue weighted by atomic mass is 16.5. The third kappa shape index (κ3) is 5.26. The van der Waals surface area contributed by atoms with E-state index in [0.717, 1.165) is 32.4 Å². The van der Waals surface area contributed by atoms with Crippen molar-refractivity contribution < 1.29 is 29.0 Å². The van der Waals surface area contributed by atoms with Gasteiger partial charge in [-0.2, -0.15) is 0 Å². The number of benzene rings is 1. The smallest absolute Gasteiger partial charge is 0.245 e. The number of amides is 3. The molecule has 5 rings (SSSR count). The van der Waals surface area contributed by atoms with Crippen LogP contribution in [0.5, 0.6) is 0 Å². The van der Waals surface area contributed by atoms with Crippen LogP contribution in [0.2, 0.25) is 0 Å². The number of carbonyl (C=O) groups excluding carboxylic acids is 3. The Hall–Kier alpha value is -2.53. The summed E-state index contributed by atoms with van der Waals surface area (Å²) in [7, 11) is 0. The molecule has 4 aliphatic heterocycles. The minimum atomic E-state index is -1.04. The van der Waals surface area contributed by atoms with Crippen LogP contribution in [-0.4, -0.2) is 102 Å². The zero-order valence-electron chi connectivity index (χ0n) is 23.8. The largest absolute Gasteiger partial charge is 0.396 e. The first-order valence-electron chi connectivity index (χ1n) is 14.9. The van der Waals surface area contributed by atoms with E-state index in [4.69, 9.17) is 14.6 Å². The monoisotopic (exact) mass is 556 g/mol. The van der Waals surface area contributed by atoms with Crippen LogP contribution in [0.4, 0.5) is 5.69 Å². The van der Waals surface area contributed by atoms with Crippen LogP contribution in [0.3, 0.4) is 0 Å². The predicted molar refractivity (Wildman–Crippen MR) is 149 cm³/mol. The van der Waals surface area contributed by atoms with Gasteiger partial charge in [0, 0.05) is 45.0 Å². The molecule has 1 aromatic rings. The highest BCUT2D eigenvalue weighted by Gasteiger charge is 2.79. The number of nitrogens with one attached hydrogen (secondary N) is 2. The summed E-state index contributed by atoms with van der Waals surface area (Å²) in [5.41, 5.74) is -1.22. The van der Waals surface area contributed by atoms with Crippen molar-refractivity contribution in [2.75, 3.05) is 57.9 Å². The van der Waals surface area contributed by atoms with Gasteiger partial charge < -0.3 is 30.1 Å². The lowest BCUT2D eigenvalue weighted by Crippen LogP contribution is -2.56. The maximum Gasteiger partial charge on any atom is 0.245 e. The van der Waals surface area contributed by atoms with Crippen LogP contribution in [0, 0.1) is 17.8 Å². The molecule has 4 saturated heterocycles. The highest BCUT2D eigenvalue weighted by Crippen LogP contribution is 2.65. The van der Waals surface area contributed by atoms with E-state index >= 15 is 0 Å². The van der Waals surface area contributed by atoms with Gasteiger partial charge >= 0.3 is 0 Å². The molecule has 4 heterocycles. The number of hydrogen-bond acceptors (Lipinski definition) is 7. The van der Waals surface area contributed by atoms with Crippen LogP contribution < -0.4 is 10.6 Å². The number of nitrogens with zero attached hydrogens (tertiary/aromatic N) is 2. The topological polar surface area (TPSA) is 120 Å². The summed E-state index contributed by atoms with van der Waals surface area (Å²) < 4.78 is 12.2. The van der Waals surface area contributed by atoms with Gasteiger partial charge in [-0.3, -0.25) is 19.3 Å². The Balaban J connectivity index is 1.38. The number of unbranched alkanes of at least 4 members (excludes halogenated alkanes) is 3. The summed E-state index contributed by atoms with van der Waals surface area (Å²) in [6.45, 7) is 8.79. The normalized spacial score (nSPS) is 33.3. The summed E-state index contributed by atoms with van der Waals surface area (Å²) in [5, 5.41) is 15.3. The van der Waals surface area contributed by atoms with E-state index in [1.165, 1.54) is 0 Å². The molecular weight excluding hydrogens is 512 g/mol. The van der Waals surface area contributed by atoms with Crippen molar-refractivity contribution in [3.05, 3.63) is 30.3 Å². The second kappa shape index (κ2) is 12.1. The number of morpholine rings is 1. The number of hydrogen-bond donors (Lipinski definition) is 3. The summed E-state index contributed by atoms with van der Waals surface area (Å²) in [6, 6.07) is 8.47. The number of anilines is 1. The van der Waals surface area contributed by atoms with Crippen molar-refractivity contribution in [1.29, 1.82) is 0 Å². The second-order valence-corrected chi connectivity index (χ2v) is 12.0. The summed E-state index contributed by atoms with van der Waals surface area (Å²) in [4.78, 5) is 45.8. The van der Waals surface area contributed by atoms with E-state index in [0.29, 0.717) is 51.4 Å². The van der Waals surface area contributed by atoms with E-state index < -0.39 is 29.1 Å². The number of rotatable bonds is 12. The van der Waals surface area contributed by atoms with E-state index in [2.05, 4.69) is 22.5 Å². The molecule has 1 aromatic carbocycles. The fraction of sp³-hybridized carbons (Fsp3) is 0.700. The number of para-hydroxylation sites is 1. The molecule has 3 unspecified atom stereocenters. The van der Waals surface area contributed by atoms with Crippen molar-refractivity contribution in [3.8, 4) is 0 Å². The van der Waals surface area contributed by atoms with Crippen molar-refractivity contribution in [2.24, 2.45) is 17.8 Å². The van der Waals surface area contributed by atoms with Crippen LogP contribution in [0.15, 0.2) is 30.3 Å². The number of aliphatic hydroxyl groups excluding tert-OH is 1. The molecule has 0 aromatic heterocycles. The average Bonchev–Trinajstić information content (AvgIpc) is 3.46. The molecule has 10 heteroatoms. The molecule has 6 atom stereocenters. The van der Waals surface area contributed by atoms with Gasteiger partial charge in [-0.05, 0) is 44.2 Å². The molecule has 1 spiro atoms. The molecule has 3 N–H and O–H groups in total. The molecule has 10 nitrogen and oxygen atoms in total. The Morgan fingerprint density at radius 3 is 2.50 bits per heavy atom. The standard InChI is InChI=1S/C30H44N4O6/c1-21-20-30-24(23(29(21,2)40-30)26(36)32-22-10-6-5-7-11-22)28(38)34(13-8-3-4-9-17-35)25(30)27(37)31-12-14-33-15-18-39-19-16-33/h5-7,10-11,21,23-25,35H,3-4,8-9,12-20H2,1-2H3,(H,31,37)(H,32,36)/t21?,23-,24+,25?,29+,30?/m1/s1. The third-order valence-electron chi connectivity index (χ3n) is 9.52. The molecule has 4 fully saturated rings. The summed E-state index contributed by atoms with van der Waals surface area (Å²) in [6.07, 6.45) is 3.70. The highest BCUT2D eigenvalue weighted by molar-refractivity contribution is 6.02. The van der Waals surface area contributed by atoms with Crippen molar-refractivity contribution in [3.63, 3.8) is 0 Å². The second-order valence-electron chi connectivity index (χ2n) is 12.0. The number of aliphatic hydroxyl groups is 1. The number of ether oxygens (including phenoxy) is 2. The first-order chi connectivity index (χ1) is 19.3. The molecule has 220 valence electrons. The SMILES string of the molecule is CC1CC23O[C@]1(C)[C@@H](C(=O)Nc1ccccc1)[C@H]2C(=O)N(CCCCCCO)C3C(=O)NCCN1CCOCC1. The Morgan fingerprint density at radius 2 is 1.77 bits per heavy atom. The zero-order chi connectivity index (χ0) is 28.3. The first kappa shape index (κ1) is 29.0. The van der Waals surface area contributed by atoms with Crippen molar-refractivity contribution in [2.45, 2.75) is 63.2 Å². The van der Waals surface area contributed by atoms with Gasteiger partial charge in [0.25, 0.3) is 0 Å². The Morgan fingerprint density at radius 1 is 1.05 bits per heavy atom. The molecule has 0 radical (unpaired) electrons. The minimum Gasteiger partial charge on any atom is -0.396 e. The minimum absolute atomic E-state index is 0.00349. The Bertz CT molecular complexity index is 1070. The lowest BCUT2D eigenvalue weighted by molar-refractivity contribution is -0.146. The first-order valence-corrected chi connectivity index (χ1v) is 14.9. The maximum absolute atomic E-state index is 14.2.